The summed E-state index contributed by atoms with van der Waals surface area (Å²) in [5, 5.41) is 9.14. The van der Waals surface area contributed by atoms with Crippen LogP contribution >= 0.6 is 0 Å². The van der Waals surface area contributed by atoms with Crippen molar-refractivity contribution < 1.29 is 23.5 Å². The first-order valence-corrected chi connectivity index (χ1v) is 7.42. The minimum absolute atomic E-state index is 0.0131. The van der Waals surface area contributed by atoms with E-state index in [1.165, 1.54) is 12.1 Å². The first-order valence-electron chi connectivity index (χ1n) is 7.42. The molecule has 0 unspecified atom stereocenters. The highest BCUT2D eigenvalue weighted by Crippen LogP contribution is 2.24. The summed E-state index contributed by atoms with van der Waals surface area (Å²) in [5.41, 5.74) is 1.42. The number of fused-ring (bicyclic) bond motifs is 1. The Morgan fingerprint density at radius 2 is 2.17 bits per heavy atom. The van der Waals surface area contributed by atoms with E-state index in [-0.39, 0.29) is 35.4 Å². The van der Waals surface area contributed by atoms with E-state index >= 15 is 0 Å². The Morgan fingerprint density at radius 1 is 1.39 bits per heavy atom. The van der Waals surface area contributed by atoms with Crippen LogP contribution in [0, 0.1) is 5.82 Å². The molecular weight excluding hydrogens is 301 g/mol. The lowest BCUT2D eigenvalue weighted by atomic mass is 9.99. The van der Waals surface area contributed by atoms with E-state index in [1.807, 2.05) is 0 Å². The Labute approximate surface area is 132 Å². The van der Waals surface area contributed by atoms with Crippen molar-refractivity contribution in [2.24, 2.45) is 0 Å². The quantitative estimate of drug-likeness (QED) is 0.945. The van der Waals surface area contributed by atoms with Crippen LogP contribution < -0.4 is 0 Å². The molecule has 2 heterocycles. The summed E-state index contributed by atoms with van der Waals surface area (Å²) in [6.45, 7) is 2.42. The van der Waals surface area contributed by atoms with Crippen LogP contribution in [0.25, 0.3) is 0 Å². The van der Waals surface area contributed by atoms with Gasteiger partial charge >= 0.3 is 5.97 Å². The smallest absolute Gasteiger partial charge is 0.339 e. The van der Waals surface area contributed by atoms with Crippen molar-refractivity contribution in [1.29, 1.82) is 0 Å². The number of hydrogen-bond acceptors (Lipinski definition) is 3. The number of carbonyl (C=O) groups excluding carboxylic acids is 1. The van der Waals surface area contributed by atoms with E-state index in [1.54, 1.807) is 24.0 Å². The fourth-order valence-electron chi connectivity index (χ4n) is 2.87. The predicted octanol–water partition coefficient (Wildman–Crippen LogP) is 2.88. The lowest BCUT2D eigenvalue weighted by Crippen LogP contribution is -2.36. The van der Waals surface area contributed by atoms with Crippen LogP contribution in [0.2, 0.25) is 0 Å². The van der Waals surface area contributed by atoms with Gasteiger partial charge in [0.05, 0.1) is 0 Å². The second kappa shape index (κ2) is 5.87. The molecule has 0 radical (unpaired) electrons. The molecule has 1 N–H and O–H groups in total. The van der Waals surface area contributed by atoms with Crippen molar-refractivity contribution >= 4 is 11.9 Å². The molecule has 1 aromatic carbocycles. The molecule has 0 fully saturated rings. The summed E-state index contributed by atoms with van der Waals surface area (Å²) >= 11 is 0. The highest BCUT2D eigenvalue weighted by atomic mass is 19.1. The Morgan fingerprint density at radius 3 is 2.83 bits per heavy atom. The van der Waals surface area contributed by atoms with E-state index in [9.17, 15) is 14.0 Å². The van der Waals surface area contributed by atoms with Gasteiger partial charge in [-0.25, -0.2) is 9.18 Å². The molecule has 0 atom stereocenters. The van der Waals surface area contributed by atoms with E-state index < -0.39 is 5.97 Å². The van der Waals surface area contributed by atoms with Crippen molar-refractivity contribution in [3.8, 4) is 0 Å². The lowest BCUT2D eigenvalue weighted by molar-refractivity contribution is 0.0686. The number of carboxylic acids is 1. The first kappa shape index (κ1) is 15.3. The average molecular weight is 317 g/mol. The summed E-state index contributed by atoms with van der Waals surface area (Å²) in [6.07, 6.45) is 0.823. The second-order valence-electron chi connectivity index (χ2n) is 5.46. The zero-order chi connectivity index (χ0) is 16.6. The number of benzene rings is 1. The van der Waals surface area contributed by atoms with Crippen molar-refractivity contribution in [2.45, 2.75) is 26.3 Å². The molecule has 2 aromatic rings. The van der Waals surface area contributed by atoms with E-state index in [2.05, 4.69) is 0 Å². The molecule has 1 aliphatic rings. The molecule has 23 heavy (non-hydrogen) atoms. The Hall–Kier alpha value is -2.63. The van der Waals surface area contributed by atoms with Crippen molar-refractivity contribution in [1.82, 2.24) is 4.90 Å². The number of carbonyl (C=O) groups is 2. The molecule has 0 saturated heterocycles. The number of carboxylic acid groups (broad SMARTS) is 1. The fourth-order valence-corrected chi connectivity index (χ4v) is 2.87. The van der Waals surface area contributed by atoms with Crippen molar-refractivity contribution in [2.75, 3.05) is 6.54 Å². The third kappa shape index (κ3) is 2.72. The molecule has 6 heteroatoms. The Kier molecular flexibility index (Phi) is 3.90. The molecule has 1 aromatic heterocycles. The number of aromatic carboxylic acids is 1. The standard InChI is InChI=1S/C17H16FNO4/c1-2-14-12(17(21)22)8-15(23-14)16(20)19-7-6-11-10(9-19)4-3-5-13(11)18/h3-5,8H,2,6-7,9H2,1H3,(H,21,22). The van der Waals surface area contributed by atoms with E-state index in [0.717, 1.165) is 5.56 Å². The number of furan rings is 1. The predicted molar refractivity (Wildman–Crippen MR) is 79.9 cm³/mol. The molecule has 120 valence electrons. The molecule has 0 aliphatic carbocycles. The first-order chi connectivity index (χ1) is 11.0. The maximum atomic E-state index is 13.7. The molecule has 0 bridgehead atoms. The maximum absolute atomic E-state index is 13.7. The van der Waals surface area contributed by atoms with Crippen molar-refractivity contribution in [3.05, 3.63) is 58.3 Å². The minimum atomic E-state index is -1.12. The van der Waals surface area contributed by atoms with Gasteiger partial charge in [0.15, 0.2) is 5.76 Å². The fraction of sp³-hybridized carbons (Fsp3) is 0.294. The summed E-state index contributed by atoms with van der Waals surface area (Å²) in [4.78, 5) is 25.3. The maximum Gasteiger partial charge on any atom is 0.339 e. The van der Waals surface area contributed by atoms with Crippen molar-refractivity contribution in [3.63, 3.8) is 0 Å². The van der Waals surface area contributed by atoms with Gasteiger partial charge in [-0.05, 0) is 23.6 Å². The molecular formula is C17H16FNO4. The summed E-state index contributed by atoms with van der Waals surface area (Å²) < 4.78 is 19.1. The Bertz CT molecular complexity index is 781. The van der Waals surface area contributed by atoms with Gasteiger partial charge in [0.2, 0.25) is 0 Å². The Balaban J connectivity index is 1.86. The van der Waals surface area contributed by atoms with E-state index in [0.29, 0.717) is 24.9 Å². The topological polar surface area (TPSA) is 70.8 Å². The number of nitrogens with zero attached hydrogens (tertiary/aromatic N) is 1. The zero-order valence-corrected chi connectivity index (χ0v) is 12.6. The second-order valence-corrected chi connectivity index (χ2v) is 5.46. The SMILES string of the molecule is CCc1oc(C(=O)N2CCc3c(F)cccc3C2)cc1C(=O)O. The van der Waals surface area contributed by atoms with Gasteiger partial charge in [0.1, 0.15) is 17.1 Å². The number of halogens is 1. The highest BCUT2D eigenvalue weighted by Gasteiger charge is 2.27. The van der Waals surface area contributed by atoms with Gasteiger partial charge < -0.3 is 14.4 Å². The normalized spacial score (nSPS) is 13.7. The van der Waals surface area contributed by atoms with Crippen LogP contribution in [0.4, 0.5) is 4.39 Å². The third-order valence-corrected chi connectivity index (χ3v) is 4.07. The number of hydrogen-bond donors (Lipinski definition) is 1. The zero-order valence-electron chi connectivity index (χ0n) is 12.6. The summed E-state index contributed by atoms with van der Waals surface area (Å²) in [7, 11) is 0. The van der Waals surface area contributed by atoms with Crippen LogP contribution in [0.5, 0.6) is 0 Å². The molecule has 0 saturated carbocycles. The summed E-state index contributed by atoms with van der Waals surface area (Å²) in [5.74, 6) is -1.45. The van der Waals surface area contributed by atoms with Gasteiger partial charge in [0.25, 0.3) is 5.91 Å². The van der Waals surface area contributed by atoms with Gasteiger partial charge in [-0.2, -0.15) is 0 Å². The summed E-state index contributed by atoms with van der Waals surface area (Å²) in [6, 6.07) is 6.09. The van der Waals surface area contributed by atoms with Crippen LogP contribution in [0.1, 0.15) is 44.7 Å². The van der Waals surface area contributed by atoms with Gasteiger partial charge in [0, 0.05) is 25.6 Å². The van der Waals surface area contributed by atoms with E-state index in [4.69, 9.17) is 9.52 Å². The lowest BCUT2D eigenvalue weighted by Gasteiger charge is -2.28. The molecule has 5 nitrogen and oxygen atoms in total. The van der Waals surface area contributed by atoms with Gasteiger partial charge in [-0.1, -0.05) is 19.1 Å². The largest absolute Gasteiger partial charge is 0.478 e. The van der Waals surface area contributed by atoms with Gasteiger partial charge in [-0.15, -0.1) is 0 Å². The molecule has 1 aliphatic heterocycles. The highest BCUT2D eigenvalue weighted by molar-refractivity contribution is 5.96. The number of rotatable bonds is 3. The van der Waals surface area contributed by atoms with Crippen LogP contribution in [-0.2, 0) is 19.4 Å². The number of aryl methyl sites for hydroxylation is 1. The molecule has 0 spiro atoms. The van der Waals surface area contributed by atoms with Gasteiger partial charge in [-0.3, -0.25) is 4.79 Å². The minimum Gasteiger partial charge on any atom is -0.478 e. The average Bonchev–Trinajstić information content (AvgIpc) is 2.98. The van der Waals surface area contributed by atoms with Crippen LogP contribution in [-0.4, -0.2) is 28.4 Å². The van der Waals surface area contributed by atoms with Crippen LogP contribution in [0.3, 0.4) is 0 Å². The third-order valence-electron chi connectivity index (χ3n) is 4.07. The monoisotopic (exact) mass is 317 g/mol. The number of amides is 1. The van der Waals surface area contributed by atoms with Crippen LogP contribution in [0.15, 0.2) is 28.7 Å². The molecule has 3 rings (SSSR count). The molecule has 1 amide bonds.